The highest BCUT2D eigenvalue weighted by molar-refractivity contribution is 9.10. The summed E-state index contributed by atoms with van der Waals surface area (Å²) in [5.74, 6) is -0.0452. The van der Waals surface area contributed by atoms with Gasteiger partial charge >= 0.3 is 0 Å². The monoisotopic (exact) mass is 275 g/mol. The van der Waals surface area contributed by atoms with E-state index < -0.39 is 0 Å². The zero-order valence-electron chi connectivity index (χ0n) is 8.77. The molecule has 3 heteroatoms. The minimum Gasteiger partial charge on any atom is -0.287 e. The van der Waals surface area contributed by atoms with Crippen LogP contribution in [0.1, 0.15) is 21.6 Å². The number of aryl methyl sites for hydroxylation is 1. The van der Waals surface area contributed by atoms with Crippen molar-refractivity contribution in [3.8, 4) is 0 Å². The van der Waals surface area contributed by atoms with Gasteiger partial charge in [0.2, 0.25) is 5.78 Å². The van der Waals surface area contributed by atoms with Crippen molar-refractivity contribution in [2.45, 2.75) is 6.92 Å². The van der Waals surface area contributed by atoms with Gasteiger partial charge in [0.1, 0.15) is 5.69 Å². The van der Waals surface area contributed by atoms with Crippen LogP contribution in [0.4, 0.5) is 0 Å². The van der Waals surface area contributed by atoms with Crippen molar-refractivity contribution in [1.82, 2.24) is 4.98 Å². The van der Waals surface area contributed by atoms with Crippen LogP contribution in [0.15, 0.2) is 47.1 Å². The van der Waals surface area contributed by atoms with Gasteiger partial charge in [-0.3, -0.25) is 9.78 Å². The number of carbonyl (C=O) groups excluding carboxylic acids is 1. The van der Waals surface area contributed by atoms with Gasteiger partial charge in [0.25, 0.3) is 0 Å². The fourth-order valence-corrected chi connectivity index (χ4v) is 1.68. The van der Waals surface area contributed by atoms with Crippen molar-refractivity contribution in [2.75, 3.05) is 0 Å². The highest BCUT2D eigenvalue weighted by atomic mass is 79.9. The standard InChI is InChI=1S/C13H10BrNO/c1-9-8-10(5-6-11(9)14)13(16)12-4-2-3-7-15-12/h2-8H,1H3. The molecule has 0 atom stereocenters. The summed E-state index contributed by atoms with van der Waals surface area (Å²) in [7, 11) is 0. The molecule has 2 nitrogen and oxygen atoms in total. The fourth-order valence-electron chi connectivity index (χ4n) is 1.43. The van der Waals surface area contributed by atoms with E-state index in [-0.39, 0.29) is 5.78 Å². The summed E-state index contributed by atoms with van der Waals surface area (Å²) in [6.07, 6.45) is 1.62. The first kappa shape index (κ1) is 11.0. The molecule has 80 valence electrons. The molecular weight excluding hydrogens is 266 g/mol. The second-order valence-electron chi connectivity index (χ2n) is 3.51. The largest absolute Gasteiger partial charge is 0.287 e. The van der Waals surface area contributed by atoms with Crippen molar-refractivity contribution >= 4 is 21.7 Å². The molecule has 0 N–H and O–H groups in total. The molecular formula is C13H10BrNO. The maximum absolute atomic E-state index is 12.0. The van der Waals surface area contributed by atoms with Crippen LogP contribution in [-0.2, 0) is 0 Å². The number of rotatable bonds is 2. The van der Waals surface area contributed by atoms with Gasteiger partial charge in [0, 0.05) is 16.2 Å². The number of hydrogen-bond donors (Lipinski definition) is 0. The quantitative estimate of drug-likeness (QED) is 0.787. The molecule has 0 saturated carbocycles. The number of ketones is 1. The van der Waals surface area contributed by atoms with Gasteiger partial charge in [-0.1, -0.05) is 22.0 Å². The Morgan fingerprint density at radius 1 is 1.25 bits per heavy atom. The minimum atomic E-state index is -0.0452. The van der Waals surface area contributed by atoms with Crippen molar-refractivity contribution in [1.29, 1.82) is 0 Å². The number of halogens is 1. The average molecular weight is 276 g/mol. The normalized spacial score (nSPS) is 10.1. The predicted octanol–water partition coefficient (Wildman–Crippen LogP) is 3.38. The lowest BCUT2D eigenvalue weighted by atomic mass is 10.1. The van der Waals surface area contributed by atoms with E-state index in [1.807, 2.05) is 25.1 Å². The molecule has 1 aromatic heterocycles. The molecule has 0 fully saturated rings. The molecule has 16 heavy (non-hydrogen) atoms. The van der Waals surface area contributed by atoms with Gasteiger partial charge in [0.15, 0.2) is 0 Å². The van der Waals surface area contributed by atoms with E-state index in [2.05, 4.69) is 20.9 Å². The van der Waals surface area contributed by atoms with Crippen LogP contribution in [0, 0.1) is 6.92 Å². The van der Waals surface area contributed by atoms with Crippen LogP contribution >= 0.6 is 15.9 Å². The lowest BCUT2D eigenvalue weighted by molar-refractivity contribution is 0.103. The molecule has 1 heterocycles. The van der Waals surface area contributed by atoms with Crippen molar-refractivity contribution < 1.29 is 4.79 Å². The number of pyridine rings is 1. The Morgan fingerprint density at radius 2 is 2.06 bits per heavy atom. The average Bonchev–Trinajstić information content (AvgIpc) is 2.33. The number of nitrogens with zero attached hydrogens (tertiary/aromatic N) is 1. The first-order valence-electron chi connectivity index (χ1n) is 4.90. The van der Waals surface area contributed by atoms with Gasteiger partial charge < -0.3 is 0 Å². The van der Waals surface area contributed by atoms with Crippen LogP contribution in [-0.4, -0.2) is 10.8 Å². The topological polar surface area (TPSA) is 30.0 Å². The number of aromatic nitrogens is 1. The van der Waals surface area contributed by atoms with E-state index in [0.29, 0.717) is 11.3 Å². The molecule has 0 saturated heterocycles. The van der Waals surface area contributed by atoms with E-state index in [1.54, 1.807) is 24.4 Å². The zero-order valence-corrected chi connectivity index (χ0v) is 10.4. The molecule has 0 amide bonds. The first-order chi connectivity index (χ1) is 7.68. The molecule has 0 aliphatic carbocycles. The van der Waals surface area contributed by atoms with Crippen LogP contribution < -0.4 is 0 Å². The molecule has 0 radical (unpaired) electrons. The maximum Gasteiger partial charge on any atom is 0.211 e. The minimum absolute atomic E-state index is 0.0452. The summed E-state index contributed by atoms with van der Waals surface area (Å²) in [4.78, 5) is 16.1. The molecule has 0 unspecified atom stereocenters. The van der Waals surface area contributed by atoms with Gasteiger partial charge in [-0.2, -0.15) is 0 Å². The predicted molar refractivity (Wildman–Crippen MR) is 66.5 cm³/mol. The van der Waals surface area contributed by atoms with E-state index in [0.717, 1.165) is 10.0 Å². The summed E-state index contributed by atoms with van der Waals surface area (Å²) < 4.78 is 1.00. The summed E-state index contributed by atoms with van der Waals surface area (Å²) in [5.41, 5.74) is 2.19. The summed E-state index contributed by atoms with van der Waals surface area (Å²) in [5, 5.41) is 0. The number of hydrogen-bond acceptors (Lipinski definition) is 2. The Hall–Kier alpha value is -1.48. The van der Waals surface area contributed by atoms with E-state index in [1.165, 1.54) is 0 Å². The summed E-state index contributed by atoms with van der Waals surface area (Å²) in [6, 6.07) is 10.9. The van der Waals surface area contributed by atoms with E-state index in [9.17, 15) is 4.79 Å². The zero-order chi connectivity index (χ0) is 11.5. The van der Waals surface area contributed by atoms with Gasteiger partial charge in [-0.15, -0.1) is 0 Å². The molecule has 0 aliphatic rings. The highest BCUT2D eigenvalue weighted by Crippen LogP contribution is 2.18. The summed E-state index contributed by atoms with van der Waals surface area (Å²) in [6.45, 7) is 1.96. The molecule has 0 aliphatic heterocycles. The Labute approximate surface area is 102 Å². The fraction of sp³-hybridized carbons (Fsp3) is 0.0769. The SMILES string of the molecule is Cc1cc(C(=O)c2ccccn2)ccc1Br. The first-order valence-corrected chi connectivity index (χ1v) is 5.69. The lowest BCUT2D eigenvalue weighted by Gasteiger charge is -2.03. The Morgan fingerprint density at radius 3 is 2.69 bits per heavy atom. The second kappa shape index (κ2) is 4.58. The molecule has 0 spiro atoms. The number of carbonyl (C=O) groups is 1. The number of benzene rings is 1. The third kappa shape index (κ3) is 2.19. The highest BCUT2D eigenvalue weighted by Gasteiger charge is 2.10. The van der Waals surface area contributed by atoms with Crippen molar-refractivity contribution in [2.24, 2.45) is 0 Å². The van der Waals surface area contributed by atoms with E-state index >= 15 is 0 Å². The van der Waals surface area contributed by atoms with Crippen molar-refractivity contribution in [3.05, 3.63) is 63.9 Å². The van der Waals surface area contributed by atoms with Crippen LogP contribution in [0.3, 0.4) is 0 Å². The van der Waals surface area contributed by atoms with Gasteiger partial charge in [-0.05, 0) is 42.8 Å². The van der Waals surface area contributed by atoms with Crippen LogP contribution in [0.5, 0.6) is 0 Å². The molecule has 2 aromatic rings. The van der Waals surface area contributed by atoms with Gasteiger partial charge in [0.05, 0.1) is 0 Å². The maximum atomic E-state index is 12.0. The van der Waals surface area contributed by atoms with E-state index in [4.69, 9.17) is 0 Å². The molecule has 2 rings (SSSR count). The lowest BCUT2D eigenvalue weighted by Crippen LogP contribution is -2.03. The second-order valence-corrected chi connectivity index (χ2v) is 4.36. The Kier molecular flexibility index (Phi) is 3.15. The van der Waals surface area contributed by atoms with Gasteiger partial charge in [-0.25, -0.2) is 0 Å². The summed E-state index contributed by atoms with van der Waals surface area (Å²) >= 11 is 3.41. The Bertz CT molecular complexity index is 523. The van der Waals surface area contributed by atoms with Crippen LogP contribution in [0.25, 0.3) is 0 Å². The Balaban J connectivity index is 2.39. The third-order valence-corrected chi connectivity index (χ3v) is 3.21. The van der Waals surface area contributed by atoms with Crippen LogP contribution in [0.2, 0.25) is 0 Å². The van der Waals surface area contributed by atoms with Crippen molar-refractivity contribution in [3.63, 3.8) is 0 Å². The molecule has 0 bridgehead atoms. The third-order valence-electron chi connectivity index (χ3n) is 2.32. The molecule has 1 aromatic carbocycles. The smallest absolute Gasteiger partial charge is 0.211 e.